The minimum absolute atomic E-state index is 0.364. The summed E-state index contributed by atoms with van der Waals surface area (Å²) in [7, 11) is 1.59. The van der Waals surface area contributed by atoms with Gasteiger partial charge < -0.3 is 14.8 Å². The Morgan fingerprint density at radius 3 is 2.33 bits per heavy atom. The average Bonchev–Trinajstić information content (AvgIpc) is 2.48. The van der Waals surface area contributed by atoms with Crippen molar-refractivity contribution in [2.24, 2.45) is 0 Å². The van der Waals surface area contributed by atoms with Gasteiger partial charge in [-0.15, -0.1) is 0 Å². The number of hydrogen-bond donors (Lipinski definition) is 1. The Morgan fingerprint density at radius 2 is 1.71 bits per heavy atom. The Bertz CT molecular complexity index is 553. The number of para-hydroxylation sites is 1. The number of nitrogens with one attached hydrogen (secondary N) is 1. The van der Waals surface area contributed by atoms with Crippen LogP contribution in [0.15, 0.2) is 42.5 Å². The fourth-order valence-electron chi connectivity index (χ4n) is 1.83. The van der Waals surface area contributed by atoms with Crippen LogP contribution < -0.4 is 10.1 Å². The molecule has 0 aliphatic rings. The van der Waals surface area contributed by atoms with Crippen molar-refractivity contribution in [3.63, 3.8) is 0 Å². The molecule has 5 heteroatoms. The minimum Gasteiger partial charge on any atom is -0.451 e. The summed E-state index contributed by atoms with van der Waals surface area (Å²) < 4.78 is 38.0. The molecule has 0 heterocycles. The zero-order chi connectivity index (χ0) is 15.1. The highest BCUT2D eigenvalue weighted by Crippen LogP contribution is 2.28. The third-order valence-corrected chi connectivity index (χ3v) is 2.83. The van der Waals surface area contributed by atoms with E-state index in [0.29, 0.717) is 31.0 Å². The van der Waals surface area contributed by atoms with E-state index in [1.54, 1.807) is 37.4 Å². The Labute approximate surface area is 122 Å². The third kappa shape index (κ3) is 4.51. The highest BCUT2D eigenvalue weighted by Gasteiger charge is 2.13. The first kappa shape index (κ1) is 15.4. The molecule has 0 bridgehead atoms. The minimum atomic E-state index is -0.720. The van der Waals surface area contributed by atoms with Gasteiger partial charge in [0.2, 0.25) is 0 Å². The molecule has 2 rings (SSSR count). The maximum Gasteiger partial charge on any atom is 0.198 e. The quantitative estimate of drug-likeness (QED) is 0.793. The maximum absolute atomic E-state index is 14.0. The maximum atomic E-state index is 14.0. The second-order valence-corrected chi connectivity index (χ2v) is 4.47. The normalized spacial score (nSPS) is 10.6. The van der Waals surface area contributed by atoms with Gasteiger partial charge in [-0.1, -0.05) is 18.2 Å². The van der Waals surface area contributed by atoms with E-state index in [4.69, 9.17) is 9.47 Å². The molecule has 0 radical (unpaired) electrons. The highest BCUT2D eigenvalue weighted by atomic mass is 19.1. The van der Waals surface area contributed by atoms with E-state index in [0.717, 1.165) is 0 Å². The van der Waals surface area contributed by atoms with E-state index < -0.39 is 11.6 Å². The first-order valence-electron chi connectivity index (χ1n) is 6.61. The molecule has 1 N–H and O–H groups in total. The van der Waals surface area contributed by atoms with Gasteiger partial charge in [0.05, 0.1) is 6.61 Å². The topological polar surface area (TPSA) is 30.5 Å². The molecular weight excluding hydrogens is 276 g/mol. The summed E-state index contributed by atoms with van der Waals surface area (Å²) in [6.45, 7) is 1.52. The summed E-state index contributed by atoms with van der Waals surface area (Å²) in [5.74, 6) is -1.44. The van der Waals surface area contributed by atoms with Crippen LogP contribution in [0.5, 0.6) is 11.5 Å². The number of benzene rings is 2. The molecule has 0 atom stereocenters. The fraction of sp³-hybridized carbons (Fsp3) is 0.250. The first-order valence-corrected chi connectivity index (χ1v) is 6.61. The van der Waals surface area contributed by atoms with Gasteiger partial charge in [0.15, 0.2) is 17.4 Å². The fourth-order valence-corrected chi connectivity index (χ4v) is 1.83. The number of halogens is 2. The molecule has 2 aromatic rings. The molecular formula is C16H17F2NO2. The van der Waals surface area contributed by atoms with Crippen molar-refractivity contribution in [3.8, 4) is 11.5 Å². The van der Waals surface area contributed by atoms with Crippen LogP contribution in [-0.4, -0.2) is 20.3 Å². The number of ether oxygens (including phenoxy) is 2. The van der Waals surface area contributed by atoms with Gasteiger partial charge in [-0.25, -0.2) is 8.78 Å². The summed E-state index contributed by atoms with van der Waals surface area (Å²) in [6.07, 6.45) is 0. The van der Waals surface area contributed by atoms with Crippen LogP contribution in [0.1, 0.15) is 5.56 Å². The van der Waals surface area contributed by atoms with Crippen LogP contribution in [0.2, 0.25) is 0 Å². The monoisotopic (exact) mass is 293 g/mol. The Hall–Kier alpha value is -1.98. The lowest BCUT2D eigenvalue weighted by molar-refractivity contribution is 0.199. The largest absolute Gasteiger partial charge is 0.451 e. The predicted octanol–water partition coefficient (Wildman–Crippen LogP) is 3.49. The lowest BCUT2D eigenvalue weighted by atomic mass is 10.2. The van der Waals surface area contributed by atoms with Crippen LogP contribution >= 0.6 is 0 Å². The zero-order valence-electron chi connectivity index (χ0n) is 11.7. The number of rotatable bonds is 7. The van der Waals surface area contributed by atoms with E-state index in [1.807, 2.05) is 0 Å². The molecule has 0 saturated heterocycles. The van der Waals surface area contributed by atoms with Crippen LogP contribution in [0.3, 0.4) is 0 Å². The average molecular weight is 293 g/mol. The molecule has 0 aliphatic heterocycles. The van der Waals surface area contributed by atoms with Gasteiger partial charge in [0.1, 0.15) is 5.75 Å². The van der Waals surface area contributed by atoms with Crippen molar-refractivity contribution in [2.75, 3.05) is 20.3 Å². The van der Waals surface area contributed by atoms with Crippen LogP contribution in [0.25, 0.3) is 0 Å². The zero-order valence-corrected chi connectivity index (χ0v) is 11.7. The number of hydrogen-bond acceptors (Lipinski definition) is 3. The second-order valence-electron chi connectivity index (χ2n) is 4.47. The Balaban J connectivity index is 2.06. The standard InChI is InChI=1S/C16H17F2NO2/c1-20-8-7-19-11-12-9-14(17)16(15(18)10-12)21-13-5-3-2-4-6-13/h2-6,9-10,19H,7-8,11H2,1H3. The molecule has 112 valence electrons. The van der Waals surface area contributed by atoms with Gasteiger partial charge >= 0.3 is 0 Å². The molecule has 0 amide bonds. The molecule has 3 nitrogen and oxygen atoms in total. The molecule has 2 aromatic carbocycles. The first-order chi connectivity index (χ1) is 10.2. The molecule has 0 saturated carbocycles. The lowest BCUT2D eigenvalue weighted by Gasteiger charge is -2.10. The van der Waals surface area contributed by atoms with Gasteiger partial charge in [-0.3, -0.25) is 0 Å². The van der Waals surface area contributed by atoms with Crippen LogP contribution in [0, 0.1) is 11.6 Å². The van der Waals surface area contributed by atoms with E-state index in [9.17, 15) is 8.78 Å². The summed E-state index contributed by atoms with van der Waals surface area (Å²) in [5, 5.41) is 3.03. The van der Waals surface area contributed by atoms with E-state index >= 15 is 0 Å². The van der Waals surface area contributed by atoms with Gasteiger partial charge in [-0.2, -0.15) is 0 Å². The second kappa shape index (κ2) is 7.71. The summed E-state index contributed by atoms with van der Waals surface area (Å²) in [4.78, 5) is 0. The smallest absolute Gasteiger partial charge is 0.198 e. The van der Waals surface area contributed by atoms with E-state index in [1.165, 1.54) is 12.1 Å². The SMILES string of the molecule is COCCNCc1cc(F)c(Oc2ccccc2)c(F)c1. The Morgan fingerprint density at radius 1 is 1.05 bits per heavy atom. The highest BCUT2D eigenvalue weighted by molar-refractivity contribution is 5.35. The molecule has 0 aliphatic carbocycles. The third-order valence-electron chi connectivity index (χ3n) is 2.83. The summed E-state index contributed by atoms with van der Waals surface area (Å²) in [6, 6.07) is 11.1. The van der Waals surface area contributed by atoms with Crippen LogP contribution in [-0.2, 0) is 11.3 Å². The van der Waals surface area contributed by atoms with Crippen molar-refractivity contribution >= 4 is 0 Å². The molecule has 0 spiro atoms. The number of methoxy groups -OCH3 is 1. The van der Waals surface area contributed by atoms with Crippen molar-refractivity contribution in [1.82, 2.24) is 5.32 Å². The predicted molar refractivity (Wildman–Crippen MR) is 76.5 cm³/mol. The van der Waals surface area contributed by atoms with Crippen molar-refractivity contribution in [2.45, 2.75) is 6.54 Å². The molecule has 21 heavy (non-hydrogen) atoms. The molecule has 0 aromatic heterocycles. The molecule has 0 unspecified atom stereocenters. The van der Waals surface area contributed by atoms with Gasteiger partial charge in [-0.05, 0) is 29.8 Å². The van der Waals surface area contributed by atoms with E-state index in [-0.39, 0.29) is 5.75 Å². The van der Waals surface area contributed by atoms with Gasteiger partial charge in [0, 0.05) is 20.2 Å². The Kier molecular flexibility index (Phi) is 5.66. The van der Waals surface area contributed by atoms with Gasteiger partial charge in [0.25, 0.3) is 0 Å². The lowest BCUT2D eigenvalue weighted by Crippen LogP contribution is -2.18. The van der Waals surface area contributed by atoms with E-state index in [2.05, 4.69) is 5.32 Å². The van der Waals surface area contributed by atoms with Crippen LogP contribution in [0.4, 0.5) is 8.78 Å². The van der Waals surface area contributed by atoms with Crippen molar-refractivity contribution < 1.29 is 18.3 Å². The van der Waals surface area contributed by atoms with Crippen molar-refractivity contribution in [1.29, 1.82) is 0 Å². The summed E-state index contributed by atoms with van der Waals surface area (Å²) >= 11 is 0. The summed E-state index contributed by atoms with van der Waals surface area (Å²) in [5.41, 5.74) is 0.515. The molecule has 0 fully saturated rings. The van der Waals surface area contributed by atoms with Crippen molar-refractivity contribution in [3.05, 3.63) is 59.7 Å².